The topological polar surface area (TPSA) is 91.0 Å². The van der Waals surface area contributed by atoms with Gasteiger partial charge >= 0.3 is 0 Å². The smallest absolute Gasteiger partial charge is 0.275 e. The van der Waals surface area contributed by atoms with Crippen LogP contribution < -0.4 is 5.32 Å². The van der Waals surface area contributed by atoms with Crippen molar-refractivity contribution in [2.75, 3.05) is 5.32 Å². The summed E-state index contributed by atoms with van der Waals surface area (Å²) in [7, 11) is 0. The SMILES string of the molecule is CC(=O)N1Cc2n[nH]c(NC(=O)c3ccccn3)c2C1. The second-order valence-electron chi connectivity index (χ2n) is 4.57. The fourth-order valence-electron chi connectivity index (χ4n) is 2.13. The number of hydrogen-bond acceptors (Lipinski definition) is 4. The van der Waals surface area contributed by atoms with Crippen LogP contribution in [0, 0.1) is 0 Å². The highest BCUT2D eigenvalue weighted by Gasteiger charge is 2.27. The third-order valence-corrected chi connectivity index (χ3v) is 3.22. The summed E-state index contributed by atoms with van der Waals surface area (Å²) < 4.78 is 0. The van der Waals surface area contributed by atoms with Gasteiger partial charge in [-0.1, -0.05) is 6.07 Å². The standard InChI is InChI=1S/C13H13N5O2/c1-8(19)18-6-9-11(7-18)16-17-12(9)15-13(20)10-4-2-3-5-14-10/h2-5H,6-7H2,1H3,(H2,15,16,17,20). The molecule has 2 aromatic heterocycles. The van der Waals surface area contributed by atoms with E-state index in [4.69, 9.17) is 0 Å². The molecular formula is C13H13N5O2. The van der Waals surface area contributed by atoms with Crippen LogP contribution in [0.2, 0.25) is 0 Å². The lowest BCUT2D eigenvalue weighted by atomic mass is 10.2. The van der Waals surface area contributed by atoms with Crippen molar-refractivity contribution in [1.29, 1.82) is 0 Å². The molecular weight excluding hydrogens is 258 g/mol. The Labute approximate surface area is 115 Å². The number of nitrogens with one attached hydrogen (secondary N) is 2. The number of fused-ring (bicyclic) bond motifs is 1. The third kappa shape index (κ3) is 2.13. The number of carbonyl (C=O) groups is 2. The largest absolute Gasteiger partial charge is 0.332 e. The van der Waals surface area contributed by atoms with Crippen molar-refractivity contribution in [3.8, 4) is 0 Å². The van der Waals surface area contributed by atoms with E-state index in [2.05, 4.69) is 20.5 Å². The van der Waals surface area contributed by atoms with Crippen LogP contribution in [0.1, 0.15) is 28.7 Å². The molecule has 3 rings (SSSR count). The second-order valence-corrected chi connectivity index (χ2v) is 4.57. The van der Waals surface area contributed by atoms with Gasteiger partial charge in [-0.15, -0.1) is 0 Å². The first-order valence-electron chi connectivity index (χ1n) is 6.19. The van der Waals surface area contributed by atoms with Gasteiger partial charge in [-0.2, -0.15) is 5.10 Å². The Kier molecular flexibility index (Phi) is 2.94. The first-order chi connectivity index (χ1) is 9.65. The number of hydrogen-bond donors (Lipinski definition) is 2. The fraction of sp³-hybridized carbons (Fsp3) is 0.231. The molecule has 20 heavy (non-hydrogen) atoms. The molecule has 2 N–H and O–H groups in total. The number of carbonyl (C=O) groups excluding carboxylic acids is 2. The Morgan fingerprint density at radius 2 is 2.20 bits per heavy atom. The summed E-state index contributed by atoms with van der Waals surface area (Å²) >= 11 is 0. The molecule has 0 unspecified atom stereocenters. The number of anilines is 1. The minimum Gasteiger partial charge on any atom is -0.332 e. The molecule has 0 aromatic carbocycles. The molecule has 0 radical (unpaired) electrons. The number of amides is 2. The molecule has 102 valence electrons. The van der Waals surface area contributed by atoms with Crippen LogP contribution in [0.3, 0.4) is 0 Å². The van der Waals surface area contributed by atoms with Crippen LogP contribution in [-0.2, 0) is 17.9 Å². The Hall–Kier alpha value is -2.70. The van der Waals surface area contributed by atoms with Crippen LogP contribution in [0.5, 0.6) is 0 Å². The van der Waals surface area contributed by atoms with Crippen molar-refractivity contribution in [2.24, 2.45) is 0 Å². The normalized spacial score (nSPS) is 13.2. The van der Waals surface area contributed by atoms with Crippen molar-refractivity contribution in [1.82, 2.24) is 20.1 Å². The van der Waals surface area contributed by atoms with E-state index in [1.165, 1.54) is 6.92 Å². The van der Waals surface area contributed by atoms with Gasteiger partial charge in [0.25, 0.3) is 5.91 Å². The summed E-state index contributed by atoms with van der Waals surface area (Å²) in [4.78, 5) is 29.0. The van der Waals surface area contributed by atoms with Crippen LogP contribution in [0.4, 0.5) is 5.82 Å². The number of rotatable bonds is 2. The summed E-state index contributed by atoms with van der Waals surface area (Å²) in [6.07, 6.45) is 1.56. The Morgan fingerprint density at radius 3 is 2.90 bits per heavy atom. The maximum atomic E-state index is 12.0. The molecule has 0 bridgehead atoms. The summed E-state index contributed by atoms with van der Waals surface area (Å²) in [5, 5.41) is 9.65. The molecule has 2 amide bonds. The minimum absolute atomic E-state index is 0.00926. The van der Waals surface area contributed by atoms with Gasteiger partial charge in [0.1, 0.15) is 11.5 Å². The summed E-state index contributed by atoms with van der Waals surface area (Å²) in [6.45, 7) is 2.45. The van der Waals surface area contributed by atoms with Gasteiger partial charge in [0.05, 0.1) is 18.8 Å². The lowest BCUT2D eigenvalue weighted by molar-refractivity contribution is -0.129. The van der Waals surface area contributed by atoms with Crippen molar-refractivity contribution in [3.05, 3.63) is 41.3 Å². The third-order valence-electron chi connectivity index (χ3n) is 3.22. The highest BCUT2D eigenvalue weighted by Crippen LogP contribution is 2.27. The number of nitrogens with zero attached hydrogens (tertiary/aromatic N) is 3. The molecule has 0 atom stereocenters. The first-order valence-corrected chi connectivity index (χ1v) is 6.19. The molecule has 0 aliphatic carbocycles. The van der Waals surface area contributed by atoms with Crippen molar-refractivity contribution < 1.29 is 9.59 Å². The monoisotopic (exact) mass is 271 g/mol. The lowest BCUT2D eigenvalue weighted by Gasteiger charge is -2.12. The molecule has 0 spiro atoms. The van der Waals surface area contributed by atoms with E-state index >= 15 is 0 Å². The highest BCUT2D eigenvalue weighted by atomic mass is 16.2. The van der Waals surface area contributed by atoms with E-state index in [0.29, 0.717) is 24.6 Å². The van der Waals surface area contributed by atoms with Gasteiger partial charge in [0, 0.05) is 18.7 Å². The molecule has 7 heteroatoms. The maximum Gasteiger partial charge on any atom is 0.275 e. The van der Waals surface area contributed by atoms with Crippen LogP contribution in [-0.4, -0.2) is 31.9 Å². The number of H-pyrrole nitrogens is 1. The lowest BCUT2D eigenvalue weighted by Crippen LogP contribution is -2.23. The van der Waals surface area contributed by atoms with Crippen molar-refractivity contribution in [2.45, 2.75) is 20.0 Å². The Balaban J connectivity index is 1.78. The molecule has 0 saturated carbocycles. The van der Waals surface area contributed by atoms with Gasteiger partial charge in [0.15, 0.2) is 0 Å². The molecule has 1 aliphatic rings. The van der Waals surface area contributed by atoms with Crippen molar-refractivity contribution >= 4 is 17.6 Å². The van der Waals surface area contributed by atoms with E-state index in [9.17, 15) is 9.59 Å². The van der Waals surface area contributed by atoms with E-state index in [1.54, 1.807) is 29.3 Å². The average Bonchev–Trinajstić information content (AvgIpc) is 3.02. The quantitative estimate of drug-likeness (QED) is 0.849. The van der Waals surface area contributed by atoms with Crippen molar-refractivity contribution in [3.63, 3.8) is 0 Å². The average molecular weight is 271 g/mol. The summed E-state index contributed by atoms with van der Waals surface area (Å²) in [5.41, 5.74) is 1.97. The molecule has 2 aromatic rings. The van der Waals surface area contributed by atoms with Crippen LogP contribution in [0.25, 0.3) is 0 Å². The minimum atomic E-state index is -0.307. The summed E-state index contributed by atoms with van der Waals surface area (Å²) in [6, 6.07) is 5.12. The van der Waals surface area contributed by atoms with E-state index in [1.807, 2.05) is 0 Å². The maximum absolute atomic E-state index is 12.0. The van der Waals surface area contributed by atoms with Gasteiger partial charge in [-0.3, -0.25) is 19.7 Å². The van der Waals surface area contributed by atoms with Crippen LogP contribution in [0.15, 0.2) is 24.4 Å². The fourth-order valence-corrected chi connectivity index (χ4v) is 2.13. The van der Waals surface area contributed by atoms with Gasteiger partial charge < -0.3 is 10.2 Å². The van der Waals surface area contributed by atoms with E-state index in [0.717, 1.165) is 11.3 Å². The van der Waals surface area contributed by atoms with Crippen LogP contribution >= 0.6 is 0 Å². The molecule has 1 aliphatic heterocycles. The van der Waals surface area contributed by atoms with E-state index < -0.39 is 0 Å². The van der Waals surface area contributed by atoms with E-state index in [-0.39, 0.29) is 11.8 Å². The molecule has 7 nitrogen and oxygen atoms in total. The molecule has 0 saturated heterocycles. The molecule has 0 fully saturated rings. The predicted octanol–water partition coefficient (Wildman–Crippen LogP) is 0.919. The number of aromatic nitrogens is 3. The zero-order chi connectivity index (χ0) is 14.1. The molecule has 3 heterocycles. The highest BCUT2D eigenvalue weighted by molar-refractivity contribution is 6.02. The zero-order valence-corrected chi connectivity index (χ0v) is 10.9. The zero-order valence-electron chi connectivity index (χ0n) is 10.9. The van der Waals surface area contributed by atoms with Gasteiger partial charge in [-0.05, 0) is 12.1 Å². The number of aromatic amines is 1. The summed E-state index contributed by atoms with van der Waals surface area (Å²) in [5.74, 6) is 0.211. The van der Waals surface area contributed by atoms with Gasteiger partial charge in [-0.25, -0.2) is 0 Å². The Bertz CT molecular complexity index is 665. The first kappa shape index (κ1) is 12.3. The van der Waals surface area contributed by atoms with Gasteiger partial charge in [0.2, 0.25) is 5.91 Å². The predicted molar refractivity (Wildman–Crippen MR) is 70.7 cm³/mol. The second kappa shape index (κ2) is 4.76. The number of pyridine rings is 1. The Morgan fingerprint density at radius 1 is 1.35 bits per heavy atom.